The first-order chi connectivity index (χ1) is 12.9. The Kier molecular flexibility index (Phi) is 6.29. The first kappa shape index (κ1) is 20.0. The second-order valence-corrected chi connectivity index (χ2v) is 7.66. The molecule has 148 valence electrons. The van der Waals surface area contributed by atoms with Crippen molar-refractivity contribution in [1.82, 2.24) is 14.9 Å². The molecule has 1 aliphatic rings. The van der Waals surface area contributed by atoms with E-state index in [0.717, 1.165) is 42.5 Å². The van der Waals surface area contributed by atoms with Crippen molar-refractivity contribution < 1.29 is 28.3 Å². The van der Waals surface area contributed by atoms with Gasteiger partial charge < -0.3 is 24.2 Å². The molecule has 0 bridgehead atoms. The Morgan fingerprint density at radius 3 is 2.44 bits per heavy atom. The van der Waals surface area contributed by atoms with Gasteiger partial charge in [0.05, 0.1) is 32.0 Å². The largest absolute Gasteiger partial charge is 0.493 e. The standard InChI is InChI=1S/C17H24N3O6P/c1-24-15-9-13-14(10-16(15)25-2)18-11-19-17(13)12-3-5-20(6-4-12)7-8-26-27(21,22)23/h9-12H,3-8H2,1-2H3,(H2,21,22,23). The minimum Gasteiger partial charge on any atom is -0.493 e. The van der Waals surface area contributed by atoms with Crippen LogP contribution in [0, 0.1) is 0 Å². The summed E-state index contributed by atoms with van der Waals surface area (Å²) in [5.41, 5.74) is 1.81. The molecule has 2 N–H and O–H groups in total. The van der Waals surface area contributed by atoms with Crippen molar-refractivity contribution in [3.63, 3.8) is 0 Å². The van der Waals surface area contributed by atoms with E-state index in [-0.39, 0.29) is 12.5 Å². The number of aromatic nitrogens is 2. The van der Waals surface area contributed by atoms with Gasteiger partial charge in [-0.3, -0.25) is 4.52 Å². The number of phosphoric acid groups is 1. The zero-order valence-electron chi connectivity index (χ0n) is 15.4. The van der Waals surface area contributed by atoms with Gasteiger partial charge in [0.1, 0.15) is 6.33 Å². The monoisotopic (exact) mass is 397 g/mol. The Hall–Kier alpha value is -1.77. The van der Waals surface area contributed by atoms with Gasteiger partial charge in [-0.05, 0) is 32.0 Å². The van der Waals surface area contributed by atoms with Crippen LogP contribution in [0.3, 0.4) is 0 Å². The molecule has 0 radical (unpaired) electrons. The molecule has 3 rings (SSSR count). The molecule has 10 heteroatoms. The molecular formula is C17H24N3O6P. The molecule has 1 aromatic carbocycles. The Balaban J connectivity index is 1.71. The first-order valence-corrected chi connectivity index (χ1v) is 10.2. The maximum atomic E-state index is 10.8. The van der Waals surface area contributed by atoms with E-state index in [1.165, 1.54) is 0 Å². The maximum absolute atomic E-state index is 10.8. The number of hydrogen-bond donors (Lipinski definition) is 2. The highest BCUT2D eigenvalue weighted by atomic mass is 31.2. The molecule has 2 heterocycles. The van der Waals surface area contributed by atoms with Gasteiger partial charge in [0.25, 0.3) is 0 Å². The fraction of sp³-hybridized carbons (Fsp3) is 0.529. The zero-order chi connectivity index (χ0) is 19.4. The number of methoxy groups -OCH3 is 2. The van der Waals surface area contributed by atoms with Crippen molar-refractivity contribution in [2.24, 2.45) is 0 Å². The van der Waals surface area contributed by atoms with Crippen LogP contribution in [0.1, 0.15) is 24.5 Å². The van der Waals surface area contributed by atoms with Crippen molar-refractivity contribution in [3.05, 3.63) is 24.2 Å². The Bertz CT molecular complexity index is 835. The third kappa shape index (κ3) is 4.94. The predicted molar refractivity (Wildman–Crippen MR) is 99.1 cm³/mol. The quantitative estimate of drug-likeness (QED) is 0.676. The lowest BCUT2D eigenvalue weighted by Crippen LogP contribution is -2.35. The highest BCUT2D eigenvalue weighted by Crippen LogP contribution is 2.37. The van der Waals surface area contributed by atoms with E-state index in [9.17, 15) is 4.57 Å². The summed E-state index contributed by atoms with van der Waals surface area (Å²) < 4.78 is 26.0. The molecule has 0 unspecified atom stereocenters. The molecule has 0 aliphatic carbocycles. The lowest BCUT2D eigenvalue weighted by Gasteiger charge is -2.31. The number of piperidine rings is 1. The Labute approximate surface area is 157 Å². The summed E-state index contributed by atoms with van der Waals surface area (Å²) in [5.74, 6) is 1.56. The number of benzene rings is 1. The van der Waals surface area contributed by atoms with Crippen LogP contribution in [0.5, 0.6) is 11.5 Å². The summed E-state index contributed by atoms with van der Waals surface area (Å²) >= 11 is 0. The summed E-state index contributed by atoms with van der Waals surface area (Å²) in [7, 11) is -1.20. The summed E-state index contributed by atoms with van der Waals surface area (Å²) in [5, 5.41) is 0.957. The molecule has 27 heavy (non-hydrogen) atoms. The van der Waals surface area contributed by atoms with Crippen molar-refractivity contribution in [1.29, 1.82) is 0 Å². The van der Waals surface area contributed by atoms with Gasteiger partial charge in [-0.1, -0.05) is 0 Å². The van der Waals surface area contributed by atoms with E-state index in [4.69, 9.17) is 19.3 Å². The van der Waals surface area contributed by atoms with Crippen LogP contribution in [0.4, 0.5) is 0 Å². The van der Waals surface area contributed by atoms with Crippen LogP contribution in [0.15, 0.2) is 18.5 Å². The van der Waals surface area contributed by atoms with E-state index in [0.29, 0.717) is 18.0 Å². The number of likely N-dealkylation sites (tertiary alicyclic amines) is 1. The maximum Gasteiger partial charge on any atom is 0.469 e. The molecular weight excluding hydrogens is 373 g/mol. The highest BCUT2D eigenvalue weighted by molar-refractivity contribution is 7.46. The molecule has 0 amide bonds. The van der Waals surface area contributed by atoms with Crippen LogP contribution in [-0.4, -0.2) is 65.1 Å². The average molecular weight is 397 g/mol. The second kappa shape index (κ2) is 8.50. The Morgan fingerprint density at radius 1 is 1.15 bits per heavy atom. The zero-order valence-corrected chi connectivity index (χ0v) is 16.3. The fourth-order valence-corrected chi connectivity index (χ4v) is 3.77. The van der Waals surface area contributed by atoms with Crippen LogP contribution in [-0.2, 0) is 9.09 Å². The third-order valence-corrected chi connectivity index (χ3v) is 5.33. The minimum absolute atomic E-state index is 0.0162. The predicted octanol–water partition coefficient (Wildman–Crippen LogP) is 1.94. The van der Waals surface area contributed by atoms with Crippen LogP contribution >= 0.6 is 7.82 Å². The van der Waals surface area contributed by atoms with E-state index in [2.05, 4.69) is 19.4 Å². The van der Waals surface area contributed by atoms with Crippen LogP contribution in [0.2, 0.25) is 0 Å². The molecule has 0 atom stereocenters. The highest BCUT2D eigenvalue weighted by Gasteiger charge is 2.24. The van der Waals surface area contributed by atoms with Gasteiger partial charge in [0.2, 0.25) is 0 Å². The lowest BCUT2D eigenvalue weighted by molar-refractivity contribution is 0.144. The van der Waals surface area contributed by atoms with Gasteiger partial charge in [-0.15, -0.1) is 0 Å². The average Bonchev–Trinajstić information content (AvgIpc) is 2.66. The topological polar surface area (TPSA) is 114 Å². The van der Waals surface area contributed by atoms with Gasteiger partial charge in [-0.2, -0.15) is 0 Å². The summed E-state index contributed by atoms with van der Waals surface area (Å²) in [6.45, 7) is 2.14. The van der Waals surface area contributed by atoms with Crippen LogP contribution < -0.4 is 9.47 Å². The van der Waals surface area contributed by atoms with E-state index >= 15 is 0 Å². The number of rotatable bonds is 7. The summed E-state index contributed by atoms with van der Waals surface area (Å²) in [6.07, 6.45) is 3.37. The SMILES string of the molecule is COc1cc2ncnc(C3CCN(CCOP(=O)(O)O)CC3)c2cc1OC. The van der Waals surface area contributed by atoms with Crippen molar-refractivity contribution in [2.45, 2.75) is 18.8 Å². The number of phosphoric ester groups is 1. The molecule has 1 aliphatic heterocycles. The fourth-order valence-electron chi connectivity index (χ4n) is 3.45. The Morgan fingerprint density at radius 2 is 1.81 bits per heavy atom. The minimum atomic E-state index is -4.40. The lowest BCUT2D eigenvalue weighted by atomic mass is 9.91. The smallest absolute Gasteiger partial charge is 0.469 e. The normalized spacial score (nSPS) is 16.6. The van der Waals surface area contributed by atoms with Crippen molar-refractivity contribution in [2.75, 3.05) is 40.5 Å². The molecule has 1 fully saturated rings. The number of nitrogens with zero attached hydrogens (tertiary/aromatic N) is 3. The van der Waals surface area contributed by atoms with E-state index in [1.807, 2.05) is 12.1 Å². The molecule has 0 spiro atoms. The second-order valence-electron chi connectivity index (χ2n) is 6.42. The third-order valence-electron chi connectivity index (χ3n) is 4.81. The molecule has 0 saturated carbocycles. The molecule has 2 aromatic rings. The summed E-state index contributed by atoms with van der Waals surface area (Å²) in [6, 6.07) is 3.78. The first-order valence-electron chi connectivity index (χ1n) is 8.70. The van der Waals surface area contributed by atoms with Gasteiger partial charge in [0.15, 0.2) is 11.5 Å². The molecule has 1 saturated heterocycles. The number of fused-ring (bicyclic) bond motifs is 1. The van der Waals surface area contributed by atoms with E-state index in [1.54, 1.807) is 20.5 Å². The van der Waals surface area contributed by atoms with Crippen LogP contribution in [0.25, 0.3) is 10.9 Å². The van der Waals surface area contributed by atoms with Gasteiger partial charge in [0, 0.05) is 23.9 Å². The van der Waals surface area contributed by atoms with E-state index < -0.39 is 7.82 Å². The van der Waals surface area contributed by atoms with Crippen molar-refractivity contribution >= 4 is 18.7 Å². The van der Waals surface area contributed by atoms with Gasteiger partial charge in [-0.25, -0.2) is 14.5 Å². The molecule has 9 nitrogen and oxygen atoms in total. The number of hydrogen-bond acceptors (Lipinski definition) is 7. The van der Waals surface area contributed by atoms with Crippen molar-refractivity contribution in [3.8, 4) is 11.5 Å². The molecule has 1 aromatic heterocycles. The number of ether oxygens (including phenoxy) is 2. The van der Waals surface area contributed by atoms with Gasteiger partial charge >= 0.3 is 7.82 Å². The summed E-state index contributed by atoms with van der Waals surface area (Å²) in [4.78, 5) is 28.5.